The Morgan fingerprint density at radius 1 is 0.905 bits per heavy atom. The minimum absolute atomic E-state index is 0.254. The lowest BCUT2D eigenvalue weighted by atomic mass is 10.1. The highest BCUT2D eigenvalue weighted by molar-refractivity contribution is 6.07. The maximum Gasteiger partial charge on any atom is 0.391 e. The lowest BCUT2D eigenvalue weighted by Gasteiger charge is -2.03. The van der Waals surface area contributed by atoms with Gasteiger partial charge in [-0.15, -0.1) is 0 Å². The number of para-hydroxylation sites is 1. The predicted molar refractivity (Wildman–Crippen MR) is 79.0 cm³/mol. The molecule has 0 unspecified atom stereocenters. The Hall–Kier alpha value is -3.15. The van der Waals surface area contributed by atoms with Crippen LogP contribution in [0.2, 0.25) is 0 Å². The molecule has 6 nitrogen and oxygen atoms in total. The average molecular weight is 276 g/mol. The number of rotatable bonds is 1. The molecule has 6 heteroatoms. The SMILES string of the molecule is O=[N+]([O-])c1cc2ccc3nc4ccccc4cc3c2nn1. The Balaban J connectivity index is 2.12. The van der Waals surface area contributed by atoms with E-state index < -0.39 is 4.92 Å². The zero-order chi connectivity index (χ0) is 14.4. The van der Waals surface area contributed by atoms with Gasteiger partial charge in [0.05, 0.1) is 16.1 Å². The molecule has 0 spiro atoms. The summed E-state index contributed by atoms with van der Waals surface area (Å²) in [6, 6.07) is 14.8. The Labute approximate surface area is 118 Å². The minimum Gasteiger partial charge on any atom is -0.358 e. The molecule has 2 heterocycles. The normalized spacial score (nSPS) is 11.2. The van der Waals surface area contributed by atoms with Gasteiger partial charge in [-0.05, 0) is 28.2 Å². The van der Waals surface area contributed by atoms with Crippen molar-refractivity contribution in [1.82, 2.24) is 15.2 Å². The van der Waals surface area contributed by atoms with Gasteiger partial charge in [-0.25, -0.2) is 4.98 Å². The molecular formula is C15H8N4O2. The van der Waals surface area contributed by atoms with E-state index in [1.54, 1.807) is 6.07 Å². The summed E-state index contributed by atoms with van der Waals surface area (Å²) < 4.78 is 0. The van der Waals surface area contributed by atoms with Crippen molar-refractivity contribution in [1.29, 1.82) is 0 Å². The van der Waals surface area contributed by atoms with Crippen LogP contribution >= 0.6 is 0 Å². The van der Waals surface area contributed by atoms with Gasteiger partial charge in [-0.3, -0.25) is 0 Å². The van der Waals surface area contributed by atoms with E-state index in [9.17, 15) is 10.1 Å². The van der Waals surface area contributed by atoms with Gasteiger partial charge < -0.3 is 10.1 Å². The van der Waals surface area contributed by atoms with Crippen LogP contribution in [0.5, 0.6) is 0 Å². The van der Waals surface area contributed by atoms with Crippen LogP contribution in [0.4, 0.5) is 5.82 Å². The number of fused-ring (bicyclic) bond motifs is 4. The molecule has 0 radical (unpaired) electrons. The second-order valence-electron chi connectivity index (χ2n) is 4.71. The fourth-order valence-electron chi connectivity index (χ4n) is 2.44. The largest absolute Gasteiger partial charge is 0.391 e. The topological polar surface area (TPSA) is 81.8 Å². The molecule has 0 fully saturated rings. The Morgan fingerprint density at radius 2 is 1.76 bits per heavy atom. The van der Waals surface area contributed by atoms with Gasteiger partial charge in [0, 0.05) is 22.2 Å². The van der Waals surface area contributed by atoms with Crippen molar-refractivity contribution in [3.8, 4) is 0 Å². The van der Waals surface area contributed by atoms with E-state index in [2.05, 4.69) is 15.2 Å². The summed E-state index contributed by atoms with van der Waals surface area (Å²) in [7, 11) is 0. The summed E-state index contributed by atoms with van der Waals surface area (Å²) in [5.74, 6) is -0.254. The van der Waals surface area contributed by atoms with Gasteiger partial charge in [0.15, 0.2) is 0 Å². The van der Waals surface area contributed by atoms with Crippen LogP contribution in [0.1, 0.15) is 0 Å². The smallest absolute Gasteiger partial charge is 0.358 e. The summed E-state index contributed by atoms with van der Waals surface area (Å²) >= 11 is 0. The van der Waals surface area contributed by atoms with Crippen molar-refractivity contribution in [3.63, 3.8) is 0 Å². The van der Waals surface area contributed by atoms with Crippen LogP contribution in [0.3, 0.4) is 0 Å². The van der Waals surface area contributed by atoms with Crippen molar-refractivity contribution in [2.24, 2.45) is 0 Å². The summed E-state index contributed by atoms with van der Waals surface area (Å²) in [5.41, 5.74) is 2.32. The molecule has 0 aliphatic heterocycles. The summed E-state index contributed by atoms with van der Waals surface area (Å²) in [4.78, 5) is 14.8. The molecule has 0 saturated heterocycles. The average Bonchev–Trinajstić information content (AvgIpc) is 2.52. The molecule has 0 atom stereocenters. The maximum atomic E-state index is 10.8. The first kappa shape index (κ1) is 11.7. The number of nitrogens with zero attached hydrogens (tertiary/aromatic N) is 4. The highest BCUT2D eigenvalue weighted by atomic mass is 16.6. The van der Waals surface area contributed by atoms with Crippen molar-refractivity contribution >= 4 is 38.5 Å². The van der Waals surface area contributed by atoms with Crippen molar-refractivity contribution < 1.29 is 4.92 Å². The number of hydrogen-bond donors (Lipinski definition) is 0. The van der Waals surface area contributed by atoms with Gasteiger partial charge in [0.25, 0.3) is 0 Å². The zero-order valence-electron chi connectivity index (χ0n) is 10.7. The minimum atomic E-state index is -0.546. The van der Waals surface area contributed by atoms with E-state index in [0.717, 1.165) is 21.8 Å². The van der Waals surface area contributed by atoms with E-state index in [1.165, 1.54) is 6.07 Å². The third-order valence-electron chi connectivity index (χ3n) is 3.43. The summed E-state index contributed by atoms with van der Waals surface area (Å²) in [5, 5.41) is 21.0. The summed E-state index contributed by atoms with van der Waals surface area (Å²) in [6.07, 6.45) is 0. The van der Waals surface area contributed by atoms with E-state index in [0.29, 0.717) is 10.9 Å². The standard InChI is InChI=1S/C15H8N4O2/c20-19(21)14-8-10-5-6-13-11(15(10)18-17-14)7-9-3-1-2-4-12(9)16-13/h1-8H. The van der Waals surface area contributed by atoms with Crippen LogP contribution in [0, 0.1) is 10.1 Å². The van der Waals surface area contributed by atoms with Crippen LogP contribution in [-0.4, -0.2) is 20.1 Å². The monoisotopic (exact) mass is 276 g/mol. The fraction of sp³-hybridized carbons (Fsp3) is 0. The number of aromatic nitrogens is 3. The van der Waals surface area contributed by atoms with E-state index in [-0.39, 0.29) is 5.82 Å². The molecule has 0 aliphatic rings. The van der Waals surface area contributed by atoms with Crippen molar-refractivity contribution in [2.45, 2.75) is 0 Å². The first-order valence-electron chi connectivity index (χ1n) is 6.33. The quantitative estimate of drug-likeness (QED) is 0.231. The molecule has 0 saturated carbocycles. The summed E-state index contributed by atoms with van der Waals surface area (Å²) in [6.45, 7) is 0. The maximum absolute atomic E-state index is 10.8. The Kier molecular flexibility index (Phi) is 2.32. The van der Waals surface area contributed by atoms with Gasteiger partial charge in [0.1, 0.15) is 5.52 Å². The molecule has 2 aromatic carbocycles. The molecule has 0 N–H and O–H groups in total. The van der Waals surface area contributed by atoms with Crippen LogP contribution in [0.15, 0.2) is 48.5 Å². The molecule has 4 aromatic rings. The first-order chi connectivity index (χ1) is 10.2. The van der Waals surface area contributed by atoms with Gasteiger partial charge in [-0.2, -0.15) is 0 Å². The van der Waals surface area contributed by atoms with Gasteiger partial charge >= 0.3 is 5.82 Å². The molecular weight excluding hydrogens is 268 g/mol. The van der Waals surface area contributed by atoms with Crippen LogP contribution in [-0.2, 0) is 0 Å². The van der Waals surface area contributed by atoms with Crippen LogP contribution in [0.25, 0.3) is 32.7 Å². The molecule has 21 heavy (non-hydrogen) atoms. The Morgan fingerprint density at radius 3 is 2.62 bits per heavy atom. The lowest BCUT2D eigenvalue weighted by molar-refractivity contribution is -0.390. The van der Waals surface area contributed by atoms with E-state index >= 15 is 0 Å². The third-order valence-corrected chi connectivity index (χ3v) is 3.43. The molecule has 0 bridgehead atoms. The van der Waals surface area contributed by atoms with Gasteiger partial charge in [0.2, 0.25) is 0 Å². The van der Waals surface area contributed by atoms with Crippen molar-refractivity contribution in [2.75, 3.05) is 0 Å². The molecule has 4 rings (SSSR count). The van der Waals surface area contributed by atoms with Crippen LogP contribution < -0.4 is 0 Å². The lowest BCUT2D eigenvalue weighted by Crippen LogP contribution is -1.95. The highest BCUT2D eigenvalue weighted by Crippen LogP contribution is 2.26. The number of benzene rings is 2. The number of nitro groups is 1. The molecule has 0 aliphatic carbocycles. The van der Waals surface area contributed by atoms with E-state index in [4.69, 9.17) is 0 Å². The molecule has 2 aromatic heterocycles. The number of hydrogen-bond acceptors (Lipinski definition) is 5. The predicted octanol–water partition coefficient (Wildman–Crippen LogP) is 3.24. The first-order valence-corrected chi connectivity index (χ1v) is 6.33. The zero-order valence-corrected chi connectivity index (χ0v) is 10.7. The van der Waals surface area contributed by atoms with E-state index in [1.807, 2.05) is 36.4 Å². The van der Waals surface area contributed by atoms with Gasteiger partial charge in [-0.1, -0.05) is 24.3 Å². The molecule has 100 valence electrons. The second-order valence-corrected chi connectivity index (χ2v) is 4.71. The fourth-order valence-corrected chi connectivity index (χ4v) is 2.44. The second kappa shape index (κ2) is 4.17. The highest BCUT2D eigenvalue weighted by Gasteiger charge is 2.13. The third kappa shape index (κ3) is 1.77. The number of pyridine rings is 1. The van der Waals surface area contributed by atoms with Crippen molar-refractivity contribution in [3.05, 3.63) is 58.6 Å². The Bertz CT molecular complexity index is 1030. The molecule has 0 amide bonds.